The van der Waals surface area contributed by atoms with Crippen molar-refractivity contribution in [2.45, 2.75) is 18.5 Å². The van der Waals surface area contributed by atoms with Gasteiger partial charge in [0.2, 0.25) is 0 Å². The predicted octanol–water partition coefficient (Wildman–Crippen LogP) is 1.95. The topological polar surface area (TPSA) is 40.5 Å². The molecule has 0 aromatic heterocycles. The van der Waals surface area contributed by atoms with Gasteiger partial charge in [0.15, 0.2) is 0 Å². The van der Waals surface area contributed by atoms with Crippen LogP contribution < -0.4 is 0 Å². The molecule has 1 rings (SSSR count). The van der Waals surface area contributed by atoms with Crippen LogP contribution in [-0.2, 0) is 11.6 Å². The van der Waals surface area contributed by atoms with E-state index >= 15 is 0 Å². The van der Waals surface area contributed by atoms with Gasteiger partial charge in [0, 0.05) is 5.41 Å². The fraction of sp³-hybridized carbons (Fsp3) is 0.455. The van der Waals surface area contributed by atoms with Crippen molar-refractivity contribution >= 4 is 0 Å². The first-order chi connectivity index (χ1) is 7.35. The molecule has 2 nitrogen and oxygen atoms in total. The Hall–Kier alpha value is -1.07. The van der Waals surface area contributed by atoms with Gasteiger partial charge in [-0.3, -0.25) is 0 Å². The first kappa shape index (κ1) is 13.0. The average molecular weight is 234 g/mol. The molecule has 0 aliphatic heterocycles. The predicted molar refractivity (Wildman–Crippen MR) is 53.0 cm³/mol. The van der Waals surface area contributed by atoms with Crippen LogP contribution in [0.15, 0.2) is 24.3 Å². The highest BCUT2D eigenvalue weighted by Gasteiger charge is 2.38. The van der Waals surface area contributed by atoms with E-state index in [-0.39, 0.29) is 5.56 Å². The summed E-state index contributed by atoms with van der Waals surface area (Å²) in [7, 11) is 0. The minimum atomic E-state index is -4.48. The van der Waals surface area contributed by atoms with Crippen molar-refractivity contribution in [2.75, 3.05) is 13.2 Å². The Bertz CT molecular complexity index is 356. The highest BCUT2D eigenvalue weighted by molar-refractivity contribution is 5.36. The molecule has 2 N–H and O–H groups in total. The van der Waals surface area contributed by atoms with Gasteiger partial charge in [-0.15, -0.1) is 0 Å². The number of aliphatic hydroxyl groups is 2. The normalized spacial score (nSPS) is 12.9. The lowest BCUT2D eigenvalue weighted by Crippen LogP contribution is -2.33. The summed E-state index contributed by atoms with van der Waals surface area (Å²) in [4.78, 5) is 0. The third-order valence-electron chi connectivity index (χ3n) is 2.58. The average Bonchev–Trinajstić information content (AvgIpc) is 2.27. The monoisotopic (exact) mass is 234 g/mol. The molecule has 0 aliphatic rings. The molecular formula is C11H13F3O2. The van der Waals surface area contributed by atoms with Crippen LogP contribution >= 0.6 is 0 Å². The zero-order valence-corrected chi connectivity index (χ0v) is 8.75. The Labute approximate surface area is 91.3 Å². The fourth-order valence-electron chi connectivity index (χ4n) is 1.48. The summed E-state index contributed by atoms with van der Waals surface area (Å²) in [5.74, 6) is 0. The maximum Gasteiger partial charge on any atom is 0.416 e. The lowest BCUT2D eigenvalue weighted by Gasteiger charge is -2.28. The van der Waals surface area contributed by atoms with Crippen molar-refractivity contribution in [3.05, 3.63) is 35.4 Å². The lowest BCUT2D eigenvalue weighted by atomic mass is 9.81. The SMILES string of the molecule is CC(CO)(CO)c1ccccc1C(F)(F)F. The van der Waals surface area contributed by atoms with Gasteiger partial charge in [0.1, 0.15) is 0 Å². The lowest BCUT2D eigenvalue weighted by molar-refractivity contribution is -0.139. The molecule has 5 heteroatoms. The maximum absolute atomic E-state index is 12.7. The summed E-state index contributed by atoms with van der Waals surface area (Å²) in [6, 6.07) is 4.95. The van der Waals surface area contributed by atoms with Crippen molar-refractivity contribution in [1.29, 1.82) is 0 Å². The standard InChI is InChI=1S/C11H13F3O2/c1-10(6-15,7-16)8-4-2-3-5-9(8)11(12,13)14/h2-5,15-16H,6-7H2,1H3. The summed E-state index contributed by atoms with van der Waals surface area (Å²) in [6.07, 6.45) is -4.48. The van der Waals surface area contributed by atoms with Gasteiger partial charge in [0.05, 0.1) is 18.8 Å². The van der Waals surface area contributed by atoms with Crippen molar-refractivity contribution in [2.24, 2.45) is 0 Å². The second-order valence-corrected chi connectivity index (χ2v) is 3.92. The summed E-state index contributed by atoms with van der Waals surface area (Å²) in [6.45, 7) is 0.296. The van der Waals surface area contributed by atoms with Gasteiger partial charge in [-0.25, -0.2) is 0 Å². The van der Waals surface area contributed by atoms with E-state index in [1.807, 2.05) is 0 Å². The van der Waals surface area contributed by atoms with Crippen LogP contribution in [0.5, 0.6) is 0 Å². The van der Waals surface area contributed by atoms with E-state index in [9.17, 15) is 13.2 Å². The summed E-state index contributed by atoms with van der Waals surface area (Å²) < 4.78 is 38.1. The molecule has 0 bridgehead atoms. The highest BCUT2D eigenvalue weighted by Crippen LogP contribution is 2.37. The second-order valence-electron chi connectivity index (χ2n) is 3.92. The Kier molecular flexibility index (Phi) is 3.60. The van der Waals surface area contributed by atoms with E-state index < -0.39 is 30.4 Å². The zero-order valence-electron chi connectivity index (χ0n) is 8.75. The third kappa shape index (κ3) is 2.36. The zero-order chi connectivity index (χ0) is 12.4. The number of alkyl halides is 3. The molecule has 90 valence electrons. The molecule has 0 spiro atoms. The fourth-order valence-corrected chi connectivity index (χ4v) is 1.48. The van der Waals surface area contributed by atoms with Crippen LogP contribution in [0.25, 0.3) is 0 Å². The van der Waals surface area contributed by atoms with Crippen LogP contribution in [-0.4, -0.2) is 23.4 Å². The van der Waals surface area contributed by atoms with Gasteiger partial charge in [-0.05, 0) is 11.6 Å². The first-order valence-corrected chi connectivity index (χ1v) is 4.73. The molecule has 1 aromatic rings. The number of aliphatic hydroxyl groups excluding tert-OH is 2. The molecule has 0 aliphatic carbocycles. The summed E-state index contributed by atoms with van der Waals surface area (Å²) in [5, 5.41) is 18.2. The van der Waals surface area contributed by atoms with Gasteiger partial charge in [-0.1, -0.05) is 25.1 Å². The van der Waals surface area contributed by atoms with Crippen molar-refractivity contribution in [1.82, 2.24) is 0 Å². The van der Waals surface area contributed by atoms with E-state index in [1.54, 1.807) is 0 Å². The van der Waals surface area contributed by atoms with Gasteiger partial charge >= 0.3 is 6.18 Å². The molecule has 0 amide bonds. The van der Waals surface area contributed by atoms with E-state index in [4.69, 9.17) is 10.2 Å². The molecule has 1 aromatic carbocycles. The van der Waals surface area contributed by atoms with E-state index in [1.165, 1.54) is 25.1 Å². The smallest absolute Gasteiger partial charge is 0.395 e. The van der Waals surface area contributed by atoms with E-state index in [0.29, 0.717) is 0 Å². The maximum atomic E-state index is 12.7. The Morgan fingerprint density at radius 3 is 1.81 bits per heavy atom. The van der Waals surface area contributed by atoms with Crippen molar-refractivity contribution in [3.8, 4) is 0 Å². The second kappa shape index (κ2) is 4.43. The van der Waals surface area contributed by atoms with Crippen LogP contribution in [0.1, 0.15) is 18.1 Å². The minimum Gasteiger partial charge on any atom is -0.395 e. The third-order valence-corrected chi connectivity index (χ3v) is 2.58. The molecule has 0 saturated carbocycles. The Morgan fingerprint density at radius 1 is 1.00 bits per heavy atom. The number of halogens is 3. The van der Waals surface area contributed by atoms with Crippen molar-refractivity contribution < 1.29 is 23.4 Å². The summed E-state index contributed by atoms with van der Waals surface area (Å²) in [5.41, 5.74) is -2.19. The first-order valence-electron chi connectivity index (χ1n) is 4.73. The number of hydrogen-bond acceptors (Lipinski definition) is 2. The molecule has 0 saturated heterocycles. The Morgan fingerprint density at radius 2 is 1.44 bits per heavy atom. The largest absolute Gasteiger partial charge is 0.416 e. The van der Waals surface area contributed by atoms with Gasteiger partial charge < -0.3 is 10.2 Å². The Balaban J connectivity index is 3.34. The van der Waals surface area contributed by atoms with Crippen LogP contribution in [0.2, 0.25) is 0 Å². The summed E-state index contributed by atoms with van der Waals surface area (Å²) >= 11 is 0. The molecule has 0 atom stereocenters. The van der Waals surface area contributed by atoms with Crippen molar-refractivity contribution in [3.63, 3.8) is 0 Å². The van der Waals surface area contributed by atoms with E-state index in [2.05, 4.69) is 0 Å². The number of rotatable bonds is 3. The van der Waals surface area contributed by atoms with Crippen LogP contribution in [0.3, 0.4) is 0 Å². The van der Waals surface area contributed by atoms with Gasteiger partial charge in [-0.2, -0.15) is 13.2 Å². The van der Waals surface area contributed by atoms with Crippen LogP contribution in [0, 0.1) is 0 Å². The molecule has 16 heavy (non-hydrogen) atoms. The molecule has 0 fully saturated rings. The minimum absolute atomic E-state index is 0.0903. The number of benzene rings is 1. The number of hydrogen-bond donors (Lipinski definition) is 2. The van der Waals surface area contributed by atoms with E-state index in [0.717, 1.165) is 6.07 Å². The molecule has 0 unspecified atom stereocenters. The highest BCUT2D eigenvalue weighted by atomic mass is 19.4. The molecular weight excluding hydrogens is 221 g/mol. The molecule has 0 radical (unpaired) electrons. The molecule has 0 heterocycles. The van der Waals surface area contributed by atoms with Gasteiger partial charge in [0.25, 0.3) is 0 Å². The van der Waals surface area contributed by atoms with Crippen LogP contribution in [0.4, 0.5) is 13.2 Å². The quantitative estimate of drug-likeness (QED) is 0.839.